The summed E-state index contributed by atoms with van der Waals surface area (Å²) in [5, 5.41) is 4.34. The predicted octanol–water partition coefficient (Wildman–Crippen LogP) is 6.10. The lowest BCUT2D eigenvalue weighted by Crippen LogP contribution is -2.15. The van der Waals surface area contributed by atoms with Crippen molar-refractivity contribution >= 4 is 22.5 Å². The van der Waals surface area contributed by atoms with Crippen molar-refractivity contribution in [3.8, 4) is 11.4 Å². The van der Waals surface area contributed by atoms with Gasteiger partial charge < -0.3 is 11.1 Å². The predicted molar refractivity (Wildman–Crippen MR) is 135 cm³/mol. The first-order chi connectivity index (χ1) is 17.0. The molecule has 2 aromatic heterocycles. The van der Waals surface area contributed by atoms with Crippen molar-refractivity contribution in [3.63, 3.8) is 0 Å². The lowest BCUT2D eigenvalue weighted by Gasteiger charge is -2.20. The van der Waals surface area contributed by atoms with Crippen LogP contribution in [0.2, 0.25) is 0 Å². The summed E-state index contributed by atoms with van der Waals surface area (Å²) in [6.07, 6.45) is 1.68. The van der Waals surface area contributed by atoms with Crippen molar-refractivity contribution in [1.29, 1.82) is 0 Å². The monoisotopic (exact) mass is 467 g/mol. The zero-order valence-electron chi connectivity index (χ0n) is 19.0. The van der Waals surface area contributed by atoms with Gasteiger partial charge in [-0.05, 0) is 66.1 Å². The number of anilines is 2. The fraction of sp³-hybridized carbons (Fsp3) is 0.107. The summed E-state index contributed by atoms with van der Waals surface area (Å²) in [6.45, 7) is 2.40. The first-order valence-corrected chi connectivity index (χ1v) is 11.2. The maximum Gasteiger partial charge on any atom is 0.163 e. The molecule has 3 aromatic carbocycles. The maximum atomic E-state index is 13.6. The smallest absolute Gasteiger partial charge is 0.163 e. The van der Waals surface area contributed by atoms with Crippen molar-refractivity contribution in [2.24, 2.45) is 0 Å². The van der Waals surface area contributed by atoms with Gasteiger partial charge in [-0.25, -0.2) is 23.7 Å². The second-order valence-electron chi connectivity index (χ2n) is 8.37. The number of rotatable bonds is 6. The van der Waals surface area contributed by atoms with Gasteiger partial charge in [0.15, 0.2) is 5.82 Å². The van der Waals surface area contributed by atoms with Crippen LogP contribution in [0.5, 0.6) is 0 Å². The molecule has 5 rings (SSSR count). The van der Waals surface area contributed by atoms with Crippen LogP contribution in [0.25, 0.3) is 22.3 Å². The Morgan fingerprint density at radius 2 is 1.49 bits per heavy atom. The number of nitrogen functional groups attached to an aromatic ring is 1. The van der Waals surface area contributed by atoms with Gasteiger partial charge in [-0.15, -0.1) is 0 Å². The molecule has 0 saturated carbocycles. The third kappa shape index (κ3) is 4.80. The average molecular weight is 468 g/mol. The van der Waals surface area contributed by atoms with Crippen LogP contribution in [0.4, 0.5) is 20.4 Å². The number of halogens is 2. The number of hydrogen-bond acceptors (Lipinski definition) is 5. The zero-order chi connectivity index (χ0) is 24.4. The highest BCUT2D eigenvalue weighted by Gasteiger charge is 2.17. The van der Waals surface area contributed by atoms with E-state index in [9.17, 15) is 8.78 Å². The number of nitrogens with one attached hydrogen (secondary N) is 1. The Labute approximate surface area is 201 Å². The van der Waals surface area contributed by atoms with Gasteiger partial charge in [-0.3, -0.25) is 0 Å². The Bertz CT molecular complexity index is 1440. The van der Waals surface area contributed by atoms with Crippen LogP contribution in [-0.2, 0) is 0 Å². The van der Waals surface area contributed by atoms with E-state index in [0.29, 0.717) is 24.0 Å². The molecule has 7 heteroatoms. The number of fused-ring (bicyclic) bond motifs is 1. The van der Waals surface area contributed by atoms with Crippen LogP contribution in [0.15, 0.2) is 85.1 Å². The third-order valence-electron chi connectivity index (χ3n) is 5.99. The van der Waals surface area contributed by atoms with Crippen molar-refractivity contribution < 1.29 is 8.78 Å². The Balaban J connectivity index is 1.55. The molecule has 0 aliphatic carbocycles. The second kappa shape index (κ2) is 9.46. The molecule has 0 aliphatic rings. The molecule has 0 saturated heterocycles. The molecule has 0 aliphatic heterocycles. The average Bonchev–Trinajstić information content (AvgIpc) is 2.86. The molecule has 0 spiro atoms. The summed E-state index contributed by atoms with van der Waals surface area (Å²) in [7, 11) is 0. The minimum Gasteiger partial charge on any atom is -0.384 e. The van der Waals surface area contributed by atoms with E-state index in [-0.39, 0.29) is 17.6 Å². The van der Waals surface area contributed by atoms with Crippen LogP contribution < -0.4 is 11.1 Å². The Morgan fingerprint density at radius 3 is 2.11 bits per heavy atom. The van der Waals surface area contributed by atoms with Crippen molar-refractivity contribution in [3.05, 3.63) is 113 Å². The number of pyridine rings is 1. The summed E-state index contributed by atoms with van der Waals surface area (Å²) in [6, 6.07) is 22.3. The molecule has 0 atom stereocenters. The number of nitrogens with two attached hydrogens (primary N) is 1. The van der Waals surface area contributed by atoms with Gasteiger partial charge in [-0.2, -0.15) is 0 Å². The van der Waals surface area contributed by atoms with Gasteiger partial charge in [-0.1, -0.05) is 36.4 Å². The lowest BCUT2D eigenvalue weighted by atomic mass is 9.91. The van der Waals surface area contributed by atoms with Crippen LogP contribution in [0.1, 0.15) is 22.6 Å². The number of nitrogens with zero attached hydrogens (tertiary/aromatic N) is 3. The molecule has 0 unspecified atom stereocenters. The molecule has 0 amide bonds. The first-order valence-electron chi connectivity index (χ1n) is 11.2. The van der Waals surface area contributed by atoms with Crippen molar-refractivity contribution in [2.75, 3.05) is 17.6 Å². The molecule has 5 aromatic rings. The molecular weight excluding hydrogens is 444 g/mol. The largest absolute Gasteiger partial charge is 0.384 e. The molecule has 0 fully saturated rings. The quantitative estimate of drug-likeness (QED) is 0.315. The van der Waals surface area contributed by atoms with Gasteiger partial charge in [0.2, 0.25) is 0 Å². The summed E-state index contributed by atoms with van der Waals surface area (Å²) >= 11 is 0. The highest BCUT2D eigenvalue weighted by molar-refractivity contribution is 5.90. The van der Waals surface area contributed by atoms with Crippen LogP contribution in [0.3, 0.4) is 0 Å². The number of aryl methyl sites for hydroxylation is 1. The molecular formula is C28H23F2N5. The zero-order valence-corrected chi connectivity index (χ0v) is 19.0. The van der Waals surface area contributed by atoms with Crippen LogP contribution in [0, 0.1) is 18.6 Å². The van der Waals surface area contributed by atoms with E-state index in [1.165, 1.54) is 24.3 Å². The van der Waals surface area contributed by atoms with E-state index in [1.54, 1.807) is 36.5 Å². The number of para-hydroxylation sites is 1. The normalized spacial score (nSPS) is 11.2. The Morgan fingerprint density at radius 1 is 0.857 bits per heavy atom. The number of benzene rings is 3. The standard InChI is InChI=1S/C28H23F2N5/c1-17-14-26(31)32-15-23(17)28-34-25-5-3-2-4-22(25)27(35-28)33-16-24(18-6-10-20(29)11-7-18)19-8-12-21(30)13-9-19/h2-15,24H,16H2,1H3,(H2,31,32)(H,33,34,35). The lowest BCUT2D eigenvalue weighted by molar-refractivity contribution is 0.625. The second-order valence-corrected chi connectivity index (χ2v) is 8.37. The SMILES string of the molecule is Cc1cc(N)ncc1-c1nc(NCC(c2ccc(F)cc2)c2ccc(F)cc2)c2ccccc2n1. The summed E-state index contributed by atoms with van der Waals surface area (Å²) in [5.41, 5.74) is 10.1. The third-order valence-corrected chi connectivity index (χ3v) is 5.99. The topological polar surface area (TPSA) is 76.7 Å². The van der Waals surface area contributed by atoms with E-state index in [4.69, 9.17) is 15.7 Å². The van der Waals surface area contributed by atoms with Crippen LogP contribution >= 0.6 is 0 Å². The molecule has 174 valence electrons. The highest BCUT2D eigenvalue weighted by Crippen LogP contribution is 2.30. The van der Waals surface area contributed by atoms with E-state index < -0.39 is 0 Å². The van der Waals surface area contributed by atoms with E-state index in [1.807, 2.05) is 31.2 Å². The molecule has 35 heavy (non-hydrogen) atoms. The fourth-order valence-corrected chi connectivity index (χ4v) is 4.16. The number of hydrogen-bond donors (Lipinski definition) is 2. The summed E-state index contributed by atoms with van der Waals surface area (Å²) in [4.78, 5) is 13.8. The minimum absolute atomic E-state index is 0.159. The minimum atomic E-state index is -0.307. The van der Waals surface area contributed by atoms with Gasteiger partial charge >= 0.3 is 0 Å². The Hall–Kier alpha value is -4.39. The van der Waals surface area contributed by atoms with E-state index in [2.05, 4.69) is 10.3 Å². The van der Waals surface area contributed by atoms with Crippen molar-refractivity contribution in [1.82, 2.24) is 15.0 Å². The van der Waals surface area contributed by atoms with Gasteiger partial charge in [0.25, 0.3) is 0 Å². The van der Waals surface area contributed by atoms with Gasteiger partial charge in [0.05, 0.1) is 5.52 Å². The summed E-state index contributed by atoms with van der Waals surface area (Å²) in [5.74, 6) is 0.865. The molecule has 2 heterocycles. The first kappa shape index (κ1) is 22.4. The molecule has 3 N–H and O–H groups in total. The number of aromatic nitrogens is 3. The maximum absolute atomic E-state index is 13.6. The van der Waals surface area contributed by atoms with E-state index in [0.717, 1.165) is 33.2 Å². The summed E-state index contributed by atoms with van der Waals surface area (Å²) < 4.78 is 27.2. The molecule has 0 radical (unpaired) electrons. The highest BCUT2D eigenvalue weighted by atomic mass is 19.1. The van der Waals surface area contributed by atoms with Crippen LogP contribution in [-0.4, -0.2) is 21.5 Å². The molecule has 5 nitrogen and oxygen atoms in total. The van der Waals surface area contributed by atoms with Crippen molar-refractivity contribution in [2.45, 2.75) is 12.8 Å². The van der Waals surface area contributed by atoms with Gasteiger partial charge in [0, 0.05) is 29.6 Å². The molecule has 0 bridgehead atoms. The fourth-order valence-electron chi connectivity index (χ4n) is 4.16. The Kier molecular flexibility index (Phi) is 6.06. The van der Waals surface area contributed by atoms with E-state index >= 15 is 0 Å². The van der Waals surface area contributed by atoms with Gasteiger partial charge in [0.1, 0.15) is 23.3 Å².